The van der Waals surface area contributed by atoms with E-state index in [1.807, 2.05) is 18.2 Å². The van der Waals surface area contributed by atoms with Gasteiger partial charge in [-0.05, 0) is 24.3 Å². The Morgan fingerprint density at radius 2 is 1.81 bits per heavy atom. The smallest absolute Gasteiger partial charge is 0.246 e. The molecule has 0 saturated carbocycles. The molecule has 1 aliphatic rings. The van der Waals surface area contributed by atoms with Gasteiger partial charge in [-0.1, -0.05) is 6.07 Å². The predicted molar refractivity (Wildman–Crippen MR) is 97.8 cm³/mol. The number of nitrogens with zero attached hydrogens (tertiary/aromatic N) is 3. The molecule has 1 fully saturated rings. The van der Waals surface area contributed by atoms with Gasteiger partial charge >= 0.3 is 0 Å². The van der Waals surface area contributed by atoms with Crippen LogP contribution in [0.15, 0.2) is 47.5 Å². The molecule has 0 N–H and O–H groups in total. The van der Waals surface area contributed by atoms with Gasteiger partial charge in [-0.3, -0.25) is 9.88 Å². The van der Waals surface area contributed by atoms with Crippen LogP contribution < -0.4 is 9.47 Å². The number of hydrogen-bond acceptors (Lipinski definition) is 6. The van der Waals surface area contributed by atoms with Gasteiger partial charge in [-0.15, -0.1) is 0 Å². The van der Waals surface area contributed by atoms with Crippen LogP contribution in [0.5, 0.6) is 11.5 Å². The van der Waals surface area contributed by atoms with Crippen LogP contribution in [-0.2, 0) is 16.6 Å². The zero-order valence-corrected chi connectivity index (χ0v) is 15.8. The van der Waals surface area contributed by atoms with E-state index in [0.717, 1.165) is 12.2 Å². The molecule has 26 heavy (non-hydrogen) atoms. The van der Waals surface area contributed by atoms with Gasteiger partial charge in [0, 0.05) is 45.0 Å². The molecule has 2 heterocycles. The topological polar surface area (TPSA) is 72.0 Å². The molecule has 0 spiro atoms. The third-order valence-corrected chi connectivity index (χ3v) is 6.35. The average molecular weight is 377 g/mol. The van der Waals surface area contributed by atoms with E-state index in [4.69, 9.17) is 9.47 Å². The van der Waals surface area contributed by atoms with Gasteiger partial charge in [-0.25, -0.2) is 8.42 Å². The summed E-state index contributed by atoms with van der Waals surface area (Å²) in [5, 5.41) is 0. The fourth-order valence-corrected chi connectivity index (χ4v) is 4.57. The Bertz CT molecular complexity index is 835. The number of benzene rings is 1. The van der Waals surface area contributed by atoms with Crippen LogP contribution in [-0.4, -0.2) is 63.0 Å². The number of piperazine rings is 1. The Labute approximate surface area is 154 Å². The highest BCUT2D eigenvalue weighted by Crippen LogP contribution is 2.31. The Morgan fingerprint density at radius 1 is 1.04 bits per heavy atom. The largest absolute Gasteiger partial charge is 0.497 e. The van der Waals surface area contributed by atoms with Crippen LogP contribution >= 0.6 is 0 Å². The number of hydrogen-bond donors (Lipinski definition) is 0. The van der Waals surface area contributed by atoms with Crippen molar-refractivity contribution in [1.29, 1.82) is 0 Å². The molecule has 0 radical (unpaired) electrons. The van der Waals surface area contributed by atoms with Gasteiger partial charge < -0.3 is 9.47 Å². The van der Waals surface area contributed by atoms with Crippen LogP contribution in [0, 0.1) is 0 Å². The van der Waals surface area contributed by atoms with Crippen molar-refractivity contribution >= 4 is 10.0 Å². The standard InChI is InChI=1S/C18H23N3O4S/c1-24-16-6-7-17(25-2)18(13-16)26(22,23)21-11-9-20(10-12-21)14-15-5-3-4-8-19-15/h3-8,13H,9-12,14H2,1-2H3. The zero-order chi connectivity index (χ0) is 18.6. The van der Waals surface area contributed by atoms with Gasteiger partial charge in [0.25, 0.3) is 0 Å². The summed E-state index contributed by atoms with van der Waals surface area (Å²) in [5.41, 5.74) is 0.985. The van der Waals surface area contributed by atoms with Gasteiger partial charge in [0.1, 0.15) is 16.4 Å². The lowest BCUT2D eigenvalue weighted by Gasteiger charge is -2.34. The Kier molecular flexibility index (Phi) is 5.75. The average Bonchev–Trinajstić information content (AvgIpc) is 2.68. The second kappa shape index (κ2) is 8.03. The van der Waals surface area contributed by atoms with Crippen LogP contribution in [0.4, 0.5) is 0 Å². The highest BCUT2D eigenvalue weighted by molar-refractivity contribution is 7.89. The van der Waals surface area contributed by atoms with Crippen LogP contribution in [0.2, 0.25) is 0 Å². The quantitative estimate of drug-likeness (QED) is 0.762. The molecule has 1 aromatic heterocycles. The molecule has 0 bridgehead atoms. The minimum Gasteiger partial charge on any atom is -0.497 e. The lowest BCUT2D eigenvalue weighted by Crippen LogP contribution is -2.48. The molecule has 1 aromatic carbocycles. The first-order valence-corrected chi connectivity index (χ1v) is 9.83. The first-order valence-electron chi connectivity index (χ1n) is 8.39. The van der Waals surface area contributed by atoms with Crippen molar-refractivity contribution in [3.8, 4) is 11.5 Å². The van der Waals surface area contributed by atoms with Crippen molar-refractivity contribution < 1.29 is 17.9 Å². The van der Waals surface area contributed by atoms with E-state index in [9.17, 15) is 8.42 Å². The van der Waals surface area contributed by atoms with Crippen molar-refractivity contribution in [2.45, 2.75) is 11.4 Å². The number of pyridine rings is 1. The maximum absolute atomic E-state index is 13.1. The Morgan fingerprint density at radius 3 is 2.42 bits per heavy atom. The van der Waals surface area contributed by atoms with Crippen LogP contribution in [0.1, 0.15) is 5.69 Å². The first-order chi connectivity index (χ1) is 12.5. The van der Waals surface area contributed by atoms with E-state index >= 15 is 0 Å². The molecule has 7 nitrogen and oxygen atoms in total. The summed E-state index contributed by atoms with van der Waals surface area (Å²) in [7, 11) is -0.675. The molecule has 140 valence electrons. The second-order valence-electron chi connectivity index (χ2n) is 6.02. The summed E-state index contributed by atoms with van der Waals surface area (Å²) >= 11 is 0. The van der Waals surface area contributed by atoms with Crippen molar-refractivity contribution in [2.75, 3.05) is 40.4 Å². The normalized spacial score (nSPS) is 16.4. The number of rotatable bonds is 6. The van der Waals surface area contributed by atoms with E-state index in [0.29, 0.717) is 37.7 Å². The van der Waals surface area contributed by atoms with Gasteiger partial charge in [0.15, 0.2) is 0 Å². The number of aromatic nitrogens is 1. The monoisotopic (exact) mass is 377 g/mol. The number of methoxy groups -OCH3 is 2. The molecule has 0 amide bonds. The lowest BCUT2D eigenvalue weighted by atomic mass is 10.3. The molecule has 0 atom stereocenters. The second-order valence-corrected chi connectivity index (χ2v) is 7.92. The lowest BCUT2D eigenvalue weighted by molar-refractivity contribution is 0.179. The minimum absolute atomic E-state index is 0.137. The summed E-state index contributed by atoms with van der Waals surface area (Å²) in [6, 6.07) is 10.6. The molecule has 2 aromatic rings. The van der Waals surface area contributed by atoms with Gasteiger partial charge in [-0.2, -0.15) is 4.31 Å². The fraction of sp³-hybridized carbons (Fsp3) is 0.389. The predicted octanol–water partition coefficient (Wildman–Crippen LogP) is 1.61. The molecule has 1 aliphatic heterocycles. The van der Waals surface area contributed by atoms with Gasteiger partial charge in [0.2, 0.25) is 10.0 Å². The van der Waals surface area contributed by atoms with E-state index in [-0.39, 0.29) is 4.90 Å². The number of ether oxygens (including phenoxy) is 2. The van der Waals surface area contributed by atoms with Crippen LogP contribution in [0.25, 0.3) is 0 Å². The molecule has 0 aliphatic carbocycles. The highest BCUT2D eigenvalue weighted by atomic mass is 32.2. The third kappa shape index (κ3) is 3.98. The zero-order valence-electron chi connectivity index (χ0n) is 15.0. The van der Waals surface area contributed by atoms with E-state index < -0.39 is 10.0 Å². The van der Waals surface area contributed by atoms with Crippen molar-refractivity contribution in [1.82, 2.24) is 14.2 Å². The fourth-order valence-electron chi connectivity index (χ4n) is 2.97. The minimum atomic E-state index is -3.65. The van der Waals surface area contributed by atoms with E-state index in [1.165, 1.54) is 24.6 Å². The van der Waals surface area contributed by atoms with Crippen molar-refractivity contribution in [3.63, 3.8) is 0 Å². The number of sulfonamides is 1. The Hall–Kier alpha value is -2.16. The first kappa shape index (κ1) is 18.6. The third-order valence-electron chi connectivity index (χ3n) is 4.43. The summed E-state index contributed by atoms with van der Waals surface area (Å²) < 4.78 is 38.0. The van der Waals surface area contributed by atoms with E-state index in [1.54, 1.807) is 18.3 Å². The summed E-state index contributed by atoms with van der Waals surface area (Å²) in [5.74, 6) is 0.805. The van der Waals surface area contributed by atoms with E-state index in [2.05, 4.69) is 9.88 Å². The van der Waals surface area contributed by atoms with Crippen molar-refractivity contribution in [3.05, 3.63) is 48.3 Å². The maximum atomic E-state index is 13.1. The molecular weight excluding hydrogens is 354 g/mol. The van der Waals surface area contributed by atoms with Gasteiger partial charge in [0.05, 0.1) is 19.9 Å². The van der Waals surface area contributed by atoms with Crippen molar-refractivity contribution in [2.24, 2.45) is 0 Å². The molecule has 3 rings (SSSR count). The highest BCUT2D eigenvalue weighted by Gasteiger charge is 2.31. The molecule has 8 heteroatoms. The Balaban J connectivity index is 1.72. The summed E-state index contributed by atoms with van der Waals surface area (Å²) in [4.78, 5) is 6.67. The maximum Gasteiger partial charge on any atom is 0.246 e. The molecule has 0 unspecified atom stereocenters. The summed E-state index contributed by atoms with van der Waals surface area (Å²) in [6.45, 7) is 2.88. The van der Waals surface area contributed by atoms with Crippen LogP contribution in [0.3, 0.4) is 0 Å². The molecule has 1 saturated heterocycles. The summed E-state index contributed by atoms with van der Waals surface area (Å²) in [6.07, 6.45) is 1.77. The SMILES string of the molecule is COc1ccc(OC)c(S(=O)(=O)N2CCN(Cc3ccccn3)CC2)c1. The molecular formula is C18H23N3O4S.